The molecular formula is C30H29N3O4. The molecule has 0 radical (unpaired) electrons. The largest absolute Gasteiger partial charge is 0.489 e. The fourth-order valence-electron chi connectivity index (χ4n) is 4.22. The van der Waals surface area contributed by atoms with Gasteiger partial charge in [-0.25, -0.2) is 4.63 Å². The van der Waals surface area contributed by atoms with E-state index in [1.54, 1.807) is 0 Å². The lowest BCUT2D eigenvalue weighted by Gasteiger charge is -2.16. The zero-order chi connectivity index (χ0) is 25.5. The summed E-state index contributed by atoms with van der Waals surface area (Å²) in [6, 6.07) is 28.3. The van der Waals surface area contributed by atoms with Crippen LogP contribution in [0.1, 0.15) is 22.3 Å². The average molecular weight is 496 g/mol. The molecule has 1 heterocycles. The second-order valence-electron chi connectivity index (χ2n) is 8.79. The third-order valence-corrected chi connectivity index (χ3v) is 6.28. The van der Waals surface area contributed by atoms with E-state index in [0.29, 0.717) is 37.3 Å². The molecule has 0 saturated heterocycles. The maximum Gasteiger partial charge on any atom is 0.135 e. The number of hydrogen-bond acceptors (Lipinski definition) is 7. The minimum atomic E-state index is 0.0739. The number of aliphatic hydroxyl groups excluding tert-OH is 1. The number of rotatable bonds is 11. The van der Waals surface area contributed by atoms with Gasteiger partial charge in [-0.1, -0.05) is 60.7 Å². The molecule has 0 amide bonds. The molecule has 7 nitrogen and oxygen atoms in total. The van der Waals surface area contributed by atoms with Crippen molar-refractivity contribution in [3.63, 3.8) is 0 Å². The molecule has 0 aliphatic rings. The fourth-order valence-corrected chi connectivity index (χ4v) is 4.22. The van der Waals surface area contributed by atoms with Crippen LogP contribution in [0.3, 0.4) is 0 Å². The van der Waals surface area contributed by atoms with Crippen LogP contribution < -0.4 is 14.8 Å². The summed E-state index contributed by atoms with van der Waals surface area (Å²) in [4.78, 5) is 0. The van der Waals surface area contributed by atoms with E-state index in [1.807, 2.05) is 42.5 Å². The maximum atomic E-state index is 9.14. The Hall–Kier alpha value is -4.20. The number of aromatic nitrogens is 2. The van der Waals surface area contributed by atoms with Crippen LogP contribution in [-0.2, 0) is 19.8 Å². The first-order valence-corrected chi connectivity index (χ1v) is 12.3. The van der Waals surface area contributed by atoms with Crippen LogP contribution in [-0.4, -0.2) is 28.6 Å². The number of aliphatic hydroxyl groups is 1. The maximum absolute atomic E-state index is 9.14. The van der Waals surface area contributed by atoms with E-state index in [9.17, 15) is 0 Å². The van der Waals surface area contributed by atoms with Crippen LogP contribution in [0.25, 0.3) is 22.2 Å². The Balaban J connectivity index is 1.32. The predicted octanol–water partition coefficient (Wildman–Crippen LogP) is 5.44. The van der Waals surface area contributed by atoms with Gasteiger partial charge in [0.1, 0.15) is 35.7 Å². The molecule has 0 saturated carbocycles. The number of nitrogens with one attached hydrogen (secondary N) is 1. The van der Waals surface area contributed by atoms with Crippen LogP contribution >= 0.6 is 0 Å². The number of benzene rings is 4. The summed E-state index contributed by atoms with van der Waals surface area (Å²) in [5.74, 6) is 1.44. The Morgan fingerprint density at radius 2 is 1.68 bits per heavy atom. The van der Waals surface area contributed by atoms with Gasteiger partial charge in [0.05, 0.1) is 6.61 Å². The SMILES string of the molecule is Cc1c(COc2ccc(CNCCO)c(OCc3ccc4nonc4c3)c2)cccc1-c1ccccc1. The highest BCUT2D eigenvalue weighted by Gasteiger charge is 2.11. The van der Waals surface area contributed by atoms with Crippen molar-refractivity contribution in [2.75, 3.05) is 13.2 Å². The molecule has 7 heteroatoms. The van der Waals surface area contributed by atoms with Crippen molar-refractivity contribution in [1.82, 2.24) is 15.6 Å². The molecule has 0 unspecified atom stereocenters. The summed E-state index contributed by atoms with van der Waals surface area (Å²) in [5.41, 5.74) is 8.06. The van der Waals surface area contributed by atoms with Gasteiger partial charge in [-0.3, -0.25) is 0 Å². The second kappa shape index (κ2) is 11.7. The molecule has 0 spiro atoms. The highest BCUT2D eigenvalue weighted by atomic mass is 16.6. The average Bonchev–Trinajstić information content (AvgIpc) is 3.41. The van der Waals surface area contributed by atoms with E-state index >= 15 is 0 Å². The van der Waals surface area contributed by atoms with Crippen molar-refractivity contribution in [3.05, 3.63) is 107 Å². The van der Waals surface area contributed by atoms with Crippen LogP contribution in [0.5, 0.6) is 11.5 Å². The summed E-state index contributed by atoms with van der Waals surface area (Å²) in [5, 5.41) is 20.1. The topological polar surface area (TPSA) is 89.6 Å². The van der Waals surface area contributed by atoms with Crippen molar-refractivity contribution in [2.45, 2.75) is 26.7 Å². The van der Waals surface area contributed by atoms with Gasteiger partial charge in [-0.2, -0.15) is 0 Å². The summed E-state index contributed by atoms with van der Waals surface area (Å²) < 4.78 is 17.2. The summed E-state index contributed by atoms with van der Waals surface area (Å²) in [6.07, 6.45) is 0. The first kappa shape index (κ1) is 24.5. The van der Waals surface area contributed by atoms with E-state index < -0.39 is 0 Å². The second-order valence-corrected chi connectivity index (χ2v) is 8.79. The monoisotopic (exact) mass is 495 g/mol. The first-order chi connectivity index (χ1) is 18.2. The molecule has 1 aromatic heterocycles. The summed E-state index contributed by atoms with van der Waals surface area (Å²) in [6.45, 7) is 4.09. The number of fused-ring (bicyclic) bond motifs is 1. The molecule has 0 aliphatic heterocycles. The Kier molecular flexibility index (Phi) is 7.74. The molecule has 0 bridgehead atoms. The minimum absolute atomic E-state index is 0.0739. The highest BCUT2D eigenvalue weighted by Crippen LogP contribution is 2.29. The van der Waals surface area contributed by atoms with E-state index in [2.05, 4.69) is 65.0 Å². The Morgan fingerprint density at radius 1 is 0.811 bits per heavy atom. The zero-order valence-electron chi connectivity index (χ0n) is 20.7. The number of ether oxygens (including phenoxy) is 2. The molecule has 4 aromatic carbocycles. The van der Waals surface area contributed by atoms with Gasteiger partial charge >= 0.3 is 0 Å². The van der Waals surface area contributed by atoms with E-state index in [1.165, 1.54) is 16.7 Å². The molecule has 5 rings (SSSR count). The summed E-state index contributed by atoms with van der Waals surface area (Å²) in [7, 11) is 0. The van der Waals surface area contributed by atoms with Gasteiger partial charge in [0, 0.05) is 24.7 Å². The van der Waals surface area contributed by atoms with Crippen molar-refractivity contribution in [1.29, 1.82) is 0 Å². The lowest BCUT2D eigenvalue weighted by Crippen LogP contribution is -2.18. The third kappa shape index (κ3) is 5.97. The van der Waals surface area contributed by atoms with Crippen molar-refractivity contribution in [2.24, 2.45) is 0 Å². The normalized spacial score (nSPS) is 11.1. The molecule has 188 valence electrons. The molecule has 37 heavy (non-hydrogen) atoms. The fraction of sp³-hybridized carbons (Fsp3) is 0.200. The molecule has 0 aliphatic carbocycles. The molecule has 2 N–H and O–H groups in total. The third-order valence-electron chi connectivity index (χ3n) is 6.28. The highest BCUT2D eigenvalue weighted by molar-refractivity contribution is 5.73. The number of nitrogens with zero attached hydrogens (tertiary/aromatic N) is 2. The Labute approximate surface area is 215 Å². The van der Waals surface area contributed by atoms with Gasteiger partial charge in [0.2, 0.25) is 0 Å². The van der Waals surface area contributed by atoms with Gasteiger partial charge < -0.3 is 19.9 Å². The zero-order valence-corrected chi connectivity index (χ0v) is 20.7. The van der Waals surface area contributed by atoms with E-state index in [0.717, 1.165) is 28.2 Å². The van der Waals surface area contributed by atoms with Crippen LogP contribution in [0.4, 0.5) is 0 Å². The van der Waals surface area contributed by atoms with E-state index in [-0.39, 0.29) is 6.61 Å². The van der Waals surface area contributed by atoms with Crippen molar-refractivity contribution < 1.29 is 19.2 Å². The van der Waals surface area contributed by atoms with Crippen LogP contribution in [0, 0.1) is 6.92 Å². The first-order valence-electron chi connectivity index (χ1n) is 12.3. The molecule has 0 fully saturated rings. The lowest BCUT2D eigenvalue weighted by atomic mass is 9.97. The lowest BCUT2D eigenvalue weighted by molar-refractivity contribution is 0.282. The van der Waals surface area contributed by atoms with Gasteiger partial charge in [-0.05, 0) is 63.3 Å². The smallest absolute Gasteiger partial charge is 0.135 e. The van der Waals surface area contributed by atoms with Gasteiger partial charge in [0.25, 0.3) is 0 Å². The van der Waals surface area contributed by atoms with Crippen LogP contribution in [0.2, 0.25) is 0 Å². The molecule has 5 aromatic rings. The number of hydrogen-bond donors (Lipinski definition) is 2. The van der Waals surface area contributed by atoms with Crippen molar-refractivity contribution >= 4 is 11.0 Å². The predicted molar refractivity (Wildman–Crippen MR) is 142 cm³/mol. The Bertz CT molecular complexity index is 1470. The minimum Gasteiger partial charge on any atom is -0.489 e. The standard InChI is InChI=1S/C30H29N3O4/c1-21-25(8-5-9-27(21)23-6-3-2-4-7-23)20-35-26-12-11-24(18-31-14-15-34)30(17-26)36-19-22-10-13-28-29(16-22)33-37-32-28/h2-13,16-17,31,34H,14-15,18-20H2,1H3. The van der Waals surface area contributed by atoms with Gasteiger partial charge in [-0.15, -0.1) is 0 Å². The quantitative estimate of drug-likeness (QED) is 0.236. The van der Waals surface area contributed by atoms with Gasteiger partial charge in [0.15, 0.2) is 0 Å². The van der Waals surface area contributed by atoms with Crippen LogP contribution in [0.15, 0.2) is 89.6 Å². The molecule has 0 atom stereocenters. The van der Waals surface area contributed by atoms with Crippen molar-refractivity contribution in [3.8, 4) is 22.6 Å². The summed E-state index contributed by atoms with van der Waals surface area (Å²) >= 11 is 0. The molecular weight excluding hydrogens is 466 g/mol. The Morgan fingerprint density at radius 3 is 2.54 bits per heavy atom. The van der Waals surface area contributed by atoms with E-state index in [4.69, 9.17) is 19.2 Å².